The van der Waals surface area contributed by atoms with Gasteiger partial charge in [0.05, 0.1) is 22.9 Å². The lowest BCUT2D eigenvalue weighted by Gasteiger charge is -2.12. The number of aliphatic hydroxyl groups is 2. The Kier molecular flexibility index (Phi) is 5.39. The fourth-order valence-electron chi connectivity index (χ4n) is 1.47. The molecule has 0 aromatic heterocycles. The van der Waals surface area contributed by atoms with E-state index in [9.17, 15) is 8.42 Å². The van der Waals surface area contributed by atoms with Crippen molar-refractivity contribution >= 4 is 21.2 Å². The number of rotatable bonds is 7. The van der Waals surface area contributed by atoms with Crippen molar-refractivity contribution in [3.05, 3.63) is 18.2 Å². The van der Waals surface area contributed by atoms with Crippen LogP contribution in [0.3, 0.4) is 0 Å². The third-order valence-electron chi connectivity index (χ3n) is 2.35. The van der Waals surface area contributed by atoms with Crippen LogP contribution in [0.5, 0.6) is 0 Å². The maximum absolute atomic E-state index is 11.9. The van der Waals surface area contributed by atoms with Crippen LogP contribution in [0.4, 0.5) is 11.4 Å². The van der Waals surface area contributed by atoms with E-state index in [-0.39, 0.29) is 17.3 Å². The Morgan fingerprint density at radius 1 is 1.22 bits per heavy atom. The topological polar surface area (TPSA) is 113 Å². The first-order valence-corrected chi connectivity index (χ1v) is 7.24. The molecule has 0 saturated heterocycles. The van der Waals surface area contributed by atoms with E-state index in [4.69, 9.17) is 15.9 Å². The molecule has 0 atom stereocenters. The summed E-state index contributed by atoms with van der Waals surface area (Å²) in [7, 11) is -3.56. The molecule has 7 heteroatoms. The molecule has 0 radical (unpaired) electrons. The van der Waals surface area contributed by atoms with Crippen molar-refractivity contribution in [2.24, 2.45) is 0 Å². The molecule has 102 valence electrons. The average molecular weight is 274 g/mol. The zero-order valence-electron chi connectivity index (χ0n) is 9.96. The van der Waals surface area contributed by atoms with Crippen molar-refractivity contribution in [2.75, 3.05) is 36.6 Å². The Balaban J connectivity index is 3.04. The molecule has 1 aromatic rings. The number of hydrogen-bond donors (Lipinski definition) is 4. The standard InChI is InChI=1S/C11H18N2O4S/c12-9-2-3-10(13-4-1-5-14)11(8-9)18(16,17)7-6-15/h2-3,8,13-15H,1,4-7,12H2. The maximum atomic E-state index is 11.9. The van der Waals surface area contributed by atoms with Crippen LogP contribution >= 0.6 is 0 Å². The summed E-state index contributed by atoms with van der Waals surface area (Å²) >= 11 is 0. The maximum Gasteiger partial charge on any atom is 0.182 e. The van der Waals surface area contributed by atoms with Crippen molar-refractivity contribution in [2.45, 2.75) is 11.3 Å². The van der Waals surface area contributed by atoms with Gasteiger partial charge in [0, 0.05) is 18.8 Å². The SMILES string of the molecule is Nc1ccc(NCCCO)c(S(=O)(=O)CCO)c1. The normalized spacial score (nSPS) is 11.4. The fraction of sp³-hybridized carbons (Fsp3) is 0.455. The highest BCUT2D eigenvalue weighted by Crippen LogP contribution is 2.25. The Morgan fingerprint density at radius 3 is 2.56 bits per heavy atom. The predicted molar refractivity (Wildman–Crippen MR) is 70.2 cm³/mol. The lowest BCUT2D eigenvalue weighted by Crippen LogP contribution is -2.14. The van der Waals surface area contributed by atoms with E-state index >= 15 is 0 Å². The minimum Gasteiger partial charge on any atom is -0.399 e. The van der Waals surface area contributed by atoms with Gasteiger partial charge in [-0.2, -0.15) is 0 Å². The molecule has 0 bridgehead atoms. The van der Waals surface area contributed by atoms with Gasteiger partial charge in [0.25, 0.3) is 0 Å². The molecule has 0 amide bonds. The van der Waals surface area contributed by atoms with Gasteiger partial charge in [0.1, 0.15) is 0 Å². The summed E-state index contributed by atoms with van der Waals surface area (Å²) in [6.45, 7) is 0.0516. The molecule has 0 spiro atoms. The minimum atomic E-state index is -3.56. The van der Waals surface area contributed by atoms with E-state index in [1.165, 1.54) is 6.07 Å². The van der Waals surface area contributed by atoms with Gasteiger partial charge < -0.3 is 21.3 Å². The summed E-state index contributed by atoms with van der Waals surface area (Å²) in [4.78, 5) is 0.0782. The van der Waals surface area contributed by atoms with E-state index in [2.05, 4.69) is 5.32 Å². The van der Waals surface area contributed by atoms with Crippen molar-refractivity contribution in [3.8, 4) is 0 Å². The van der Waals surface area contributed by atoms with Crippen LogP contribution in [0, 0.1) is 0 Å². The smallest absolute Gasteiger partial charge is 0.182 e. The first kappa shape index (κ1) is 14.7. The third-order valence-corrected chi connectivity index (χ3v) is 4.08. The lowest BCUT2D eigenvalue weighted by molar-refractivity contribution is 0.292. The van der Waals surface area contributed by atoms with Gasteiger partial charge in [-0.25, -0.2) is 8.42 Å². The van der Waals surface area contributed by atoms with Gasteiger partial charge in [-0.3, -0.25) is 0 Å². The molecule has 0 saturated carbocycles. The van der Waals surface area contributed by atoms with Crippen LogP contribution in [0.15, 0.2) is 23.1 Å². The Morgan fingerprint density at radius 2 is 1.94 bits per heavy atom. The lowest BCUT2D eigenvalue weighted by atomic mass is 10.3. The van der Waals surface area contributed by atoms with Crippen LogP contribution in [0.1, 0.15) is 6.42 Å². The molecule has 0 unspecified atom stereocenters. The van der Waals surface area contributed by atoms with Gasteiger partial charge in [0.2, 0.25) is 0 Å². The van der Waals surface area contributed by atoms with Crippen LogP contribution in [-0.2, 0) is 9.84 Å². The van der Waals surface area contributed by atoms with Gasteiger partial charge >= 0.3 is 0 Å². The molecule has 1 aromatic carbocycles. The number of nitrogens with two attached hydrogens (primary N) is 1. The monoisotopic (exact) mass is 274 g/mol. The van der Waals surface area contributed by atoms with Crippen molar-refractivity contribution in [1.29, 1.82) is 0 Å². The van der Waals surface area contributed by atoms with Gasteiger partial charge in [-0.05, 0) is 24.6 Å². The zero-order valence-corrected chi connectivity index (χ0v) is 10.8. The first-order valence-electron chi connectivity index (χ1n) is 5.59. The van der Waals surface area contributed by atoms with Crippen molar-refractivity contribution in [1.82, 2.24) is 0 Å². The van der Waals surface area contributed by atoms with Gasteiger partial charge in [-0.1, -0.05) is 0 Å². The number of nitrogens with one attached hydrogen (secondary N) is 1. The van der Waals surface area contributed by atoms with Crippen molar-refractivity contribution < 1.29 is 18.6 Å². The molecule has 0 aliphatic carbocycles. The van der Waals surface area contributed by atoms with Crippen LogP contribution < -0.4 is 11.1 Å². The third kappa shape index (κ3) is 3.86. The molecule has 6 nitrogen and oxygen atoms in total. The van der Waals surface area contributed by atoms with E-state index in [1.54, 1.807) is 12.1 Å². The Hall–Kier alpha value is -1.31. The fourth-order valence-corrected chi connectivity index (χ4v) is 2.73. The van der Waals surface area contributed by atoms with Crippen LogP contribution in [0.25, 0.3) is 0 Å². The highest BCUT2D eigenvalue weighted by atomic mass is 32.2. The summed E-state index contributed by atoms with van der Waals surface area (Å²) in [5, 5.41) is 20.4. The molecule has 0 fully saturated rings. The molecular formula is C11H18N2O4S. The highest BCUT2D eigenvalue weighted by Gasteiger charge is 2.18. The molecule has 0 heterocycles. The van der Waals surface area contributed by atoms with E-state index in [1.807, 2.05) is 0 Å². The summed E-state index contributed by atoms with van der Waals surface area (Å²) < 4.78 is 23.9. The average Bonchev–Trinajstić information content (AvgIpc) is 2.31. The second-order valence-electron chi connectivity index (χ2n) is 3.80. The minimum absolute atomic E-state index is 0.0285. The number of hydrogen-bond acceptors (Lipinski definition) is 6. The highest BCUT2D eigenvalue weighted by molar-refractivity contribution is 7.91. The van der Waals surface area contributed by atoms with E-state index < -0.39 is 16.4 Å². The van der Waals surface area contributed by atoms with Crippen LogP contribution in [-0.4, -0.2) is 44.1 Å². The number of benzene rings is 1. The number of nitrogen functional groups attached to an aromatic ring is 1. The van der Waals surface area contributed by atoms with Gasteiger partial charge in [0.15, 0.2) is 9.84 Å². The molecule has 18 heavy (non-hydrogen) atoms. The first-order chi connectivity index (χ1) is 8.51. The predicted octanol–water partition coefficient (Wildman–Crippen LogP) is -0.171. The number of aliphatic hydroxyl groups excluding tert-OH is 2. The summed E-state index contributed by atoms with van der Waals surface area (Å²) in [5.41, 5.74) is 6.36. The molecular weight excluding hydrogens is 256 g/mol. The van der Waals surface area contributed by atoms with E-state index in [0.717, 1.165) is 0 Å². The summed E-state index contributed by atoms with van der Waals surface area (Å²) in [6, 6.07) is 4.54. The Bertz CT molecular complexity index is 488. The zero-order chi connectivity index (χ0) is 13.6. The summed E-state index contributed by atoms with van der Waals surface area (Å²) in [6.07, 6.45) is 0.518. The van der Waals surface area contributed by atoms with Gasteiger partial charge in [-0.15, -0.1) is 0 Å². The molecule has 0 aliphatic rings. The second kappa shape index (κ2) is 6.58. The molecule has 0 aliphatic heterocycles. The second-order valence-corrected chi connectivity index (χ2v) is 5.88. The largest absolute Gasteiger partial charge is 0.399 e. The van der Waals surface area contributed by atoms with E-state index in [0.29, 0.717) is 24.3 Å². The molecule has 5 N–H and O–H groups in total. The van der Waals surface area contributed by atoms with Crippen LogP contribution in [0.2, 0.25) is 0 Å². The quantitative estimate of drug-likeness (QED) is 0.405. The van der Waals surface area contributed by atoms with Crippen molar-refractivity contribution in [3.63, 3.8) is 0 Å². The number of sulfone groups is 1. The summed E-state index contributed by atoms with van der Waals surface area (Å²) in [5.74, 6) is -0.342. The Labute approximate surface area is 106 Å². The molecule has 1 rings (SSSR count). The number of anilines is 2.